The molecule has 0 aliphatic rings. The quantitative estimate of drug-likeness (QED) is 0.795. The molecule has 0 spiro atoms. The summed E-state index contributed by atoms with van der Waals surface area (Å²) in [6.45, 7) is 0.361. The van der Waals surface area contributed by atoms with Crippen LogP contribution in [0.5, 0.6) is 0 Å². The minimum atomic E-state index is -3.53. The Balaban J connectivity index is 2.06. The van der Waals surface area contributed by atoms with Crippen LogP contribution in [0.4, 0.5) is 0 Å². The third kappa shape index (κ3) is 3.86. The summed E-state index contributed by atoms with van der Waals surface area (Å²) in [5, 5.41) is 1.97. The van der Waals surface area contributed by atoms with Crippen molar-refractivity contribution in [2.45, 2.75) is 11.3 Å². The summed E-state index contributed by atoms with van der Waals surface area (Å²) in [6, 6.07) is 10.2. The third-order valence-electron chi connectivity index (χ3n) is 2.67. The first kappa shape index (κ1) is 15.1. The zero-order chi connectivity index (χ0) is 14.6. The molecule has 0 aliphatic heterocycles. The van der Waals surface area contributed by atoms with Gasteiger partial charge in [-0.1, -0.05) is 30.4 Å². The number of nitrogens with two attached hydrogens (primary N) is 1. The second-order valence-electron chi connectivity index (χ2n) is 4.12. The smallest absolute Gasteiger partial charge is 0.240 e. The van der Waals surface area contributed by atoms with Crippen LogP contribution >= 0.6 is 23.6 Å². The molecule has 106 valence electrons. The Bertz CT molecular complexity index is 694. The topological polar surface area (TPSA) is 72.2 Å². The highest BCUT2D eigenvalue weighted by molar-refractivity contribution is 7.89. The van der Waals surface area contributed by atoms with Crippen molar-refractivity contribution >= 4 is 38.6 Å². The predicted molar refractivity (Wildman–Crippen MR) is 85.5 cm³/mol. The van der Waals surface area contributed by atoms with Gasteiger partial charge in [-0.25, -0.2) is 13.1 Å². The van der Waals surface area contributed by atoms with Crippen LogP contribution in [-0.2, 0) is 16.4 Å². The average Bonchev–Trinajstić information content (AvgIpc) is 2.92. The van der Waals surface area contributed by atoms with E-state index >= 15 is 0 Å². The van der Waals surface area contributed by atoms with E-state index in [1.165, 1.54) is 12.1 Å². The molecule has 0 unspecified atom stereocenters. The normalized spacial score (nSPS) is 11.4. The van der Waals surface area contributed by atoms with Crippen LogP contribution in [0.2, 0.25) is 0 Å². The zero-order valence-electron chi connectivity index (χ0n) is 10.6. The minimum Gasteiger partial charge on any atom is -0.389 e. The summed E-state index contributed by atoms with van der Waals surface area (Å²) in [7, 11) is -3.53. The van der Waals surface area contributed by atoms with Crippen molar-refractivity contribution in [2.75, 3.05) is 6.54 Å². The molecule has 1 aromatic carbocycles. The average molecular weight is 326 g/mol. The number of thiocarbonyl (C=S) groups is 1. The first-order valence-corrected chi connectivity index (χ1v) is 8.68. The van der Waals surface area contributed by atoms with Crippen LogP contribution in [0.1, 0.15) is 10.4 Å². The van der Waals surface area contributed by atoms with Crippen LogP contribution in [0.3, 0.4) is 0 Å². The molecule has 3 N–H and O–H groups in total. The summed E-state index contributed by atoms with van der Waals surface area (Å²) in [6.07, 6.45) is 0.673. The lowest BCUT2D eigenvalue weighted by Crippen LogP contribution is -2.26. The van der Waals surface area contributed by atoms with E-state index in [1.807, 2.05) is 17.5 Å². The van der Waals surface area contributed by atoms with E-state index < -0.39 is 10.0 Å². The Morgan fingerprint density at radius 2 is 2.10 bits per heavy atom. The molecule has 2 aromatic rings. The second-order valence-corrected chi connectivity index (χ2v) is 7.36. The van der Waals surface area contributed by atoms with Gasteiger partial charge in [0.1, 0.15) is 4.99 Å². The standard InChI is InChI=1S/C13H14N2O2S3/c14-13(18)10-3-1-5-12(9-10)20(16,17)15-7-6-11-4-2-8-19-11/h1-5,8-9,15H,6-7H2,(H2,14,18). The maximum Gasteiger partial charge on any atom is 0.240 e. The van der Waals surface area contributed by atoms with Gasteiger partial charge in [0.05, 0.1) is 4.90 Å². The molecule has 0 bridgehead atoms. The van der Waals surface area contributed by atoms with E-state index in [9.17, 15) is 8.42 Å². The summed E-state index contributed by atoms with van der Waals surface area (Å²) >= 11 is 6.46. The number of nitrogens with one attached hydrogen (secondary N) is 1. The number of thiophene rings is 1. The van der Waals surface area contributed by atoms with E-state index in [-0.39, 0.29) is 9.88 Å². The lowest BCUT2D eigenvalue weighted by molar-refractivity contribution is 0.582. The number of benzene rings is 1. The van der Waals surface area contributed by atoms with Gasteiger partial charge in [0.25, 0.3) is 0 Å². The number of hydrogen-bond donors (Lipinski definition) is 2. The van der Waals surface area contributed by atoms with E-state index in [2.05, 4.69) is 4.72 Å². The number of hydrogen-bond acceptors (Lipinski definition) is 4. The molecule has 2 rings (SSSR count). The Morgan fingerprint density at radius 3 is 2.75 bits per heavy atom. The molecule has 0 atom stereocenters. The van der Waals surface area contributed by atoms with E-state index in [1.54, 1.807) is 23.5 Å². The molecule has 7 heteroatoms. The molecule has 0 aliphatic carbocycles. The van der Waals surface area contributed by atoms with Gasteiger partial charge in [-0.05, 0) is 30.0 Å². The predicted octanol–water partition coefficient (Wildman–Crippen LogP) is 1.90. The zero-order valence-corrected chi connectivity index (χ0v) is 13.0. The van der Waals surface area contributed by atoms with Gasteiger partial charge in [-0.3, -0.25) is 0 Å². The molecule has 20 heavy (non-hydrogen) atoms. The van der Waals surface area contributed by atoms with Gasteiger partial charge in [-0.15, -0.1) is 11.3 Å². The van der Waals surface area contributed by atoms with Crippen molar-refractivity contribution in [1.82, 2.24) is 4.72 Å². The molecule has 0 radical (unpaired) electrons. The van der Waals surface area contributed by atoms with Crippen LogP contribution < -0.4 is 10.5 Å². The molecule has 0 fully saturated rings. The molecule has 1 aromatic heterocycles. The maximum atomic E-state index is 12.1. The van der Waals surface area contributed by atoms with Gasteiger partial charge >= 0.3 is 0 Å². The Hall–Kier alpha value is -1.28. The van der Waals surface area contributed by atoms with Crippen molar-refractivity contribution in [3.63, 3.8) is 0 Å². The van der Waals surface area contributed by atoms with Crippen LogP contribution in [0.15, 0.2) is 46.7 Å². The molecule has 0 saturated carbocycles. The lowest BCUT2D eigenvalue weighted by Gasteiger charge is -2.07. The molecule has 0 amide bonds. The van der Waals surface area contributed by atoms with Crippen LogP contribution in [-0.4, -0.2) is 20.0 Å². The molecule has 0 saturated heterocycles. The summed E-state index contributed by atoms with van der Waals surface area (Å²) in [5.41, 5.74) is 6.05. The fraction of sp³-hybridized carbons (Fsp3) is 0.154. The monoisotopic (exact) mass is 326 g/mol. The lowest BCUT2D eigenvalue weighted by atomic mass is 10.2. The van der Waals surface area contributed by atoms with Crippen LogP contribution in [0.25, 0.3) is 0 Å². The van der Waals surface area contributed by atoms with Crippen molar-refractivity contribution < 1.29 is 8.42 Å². The first-order valence-electron chi connectivity index (χ1n) is 5.91. The summed E-state index contributed by atoms with van der Waals surface area (Å²) in [4.78, 5) is 1.50. The third-order valence-corrected chi connectivity index (χ3v) is 5.30. The van der Waals surface area contributed by atoms with Crippen molar-refractivity contribution in [2.24, 2.45) is 5.73 Å². The molecule has 1 heterocycles. The SMILES string of the molecule is NC(=S)c1cccc(S(=O)(=O)NCCc2cccs2)c1. The highest BCUT2D eigenvalue weighted by Gasteiger charge is 2.14. The summed E-state index contributed by atoms with van der Waals surface area (Å²) in [5.74, 6) is 0. The molecular formula is C13H14N2O2S3. The van der Waals surface area contributed by atoms with Crippen molar-refractivity contribution in [1.29, 1.82) is 0 Å². The Kier molecular flexibility index (Phi) is 4.87. The Labute approximate surface area is 127 Å². The largest absolute Gasteiger partial charge is 0.389 e. The maximum absolute atomic E-state index is 12.1. The Morgan fingerprint density at radius 1 is 1.30 bits per heavy atom. The van der Waals surface area contributed by atoms with Gasteiger partial charge in [0.2, 0.25) is 10.0 Å². The van der Waals surface area contributed by atoms with Gasteiger partial charge in [0, 0.05) is 17.0 Å². The van der Waals surface area contributed by atoms with E-state index in [4.69, 9.17) is 18.0 Å². The summed E-state index contributed by atoms with van der Waals surface area (Å²) < 4.78 is 26.9. The fourth-order valence-corrected chi connectivity index (χ4v) is 3.58. The highest BCUT2D eigenvalue weighted by atomic mass is 32.2. The van der Waals surface area contributed by atoms with Gasteiger partial charge < -0.3 is 5.73 Å². The molecular weight excluding hydrogens is 312 g/mol. The first-order chi connectivity index (χ1) is 9.49. The highest BCUT2D eigenvalue weighted by Crippen LogP contribution is 2.12. The molecule has 4 nitrogen and oxygen atoms in total. The van der Waals surface area contributed by atoms with Crippen LogP contribution in [0, 0.1) is 0 Å². The second kappa shape index (κ2) is 6.45. The van der Waals surface area contributed by atoms with Crippen molar-refractivity contribution in [3.8, 4) is 0 Å². The minimum absolute atomic E-state index is 0.175. The van der Waals surface area contributed by atoms with Gasteiger partial charge in [0.15, 0.2) is 0 Å². The number of sulfonamides is 1. The fourth-order valence-electron chi connectivity index (χ4n) is 1.66. The van der Waals surface area contributed by atoms with E-state index in [0.29, 0.717) is 18.5 Å². The van der Waals surface area contributed by atoms with Crippen molar-refractivity contribution in [3.05, 3.63) is 52.2 Å². The van der Waals surface area contributed by atoms with Gasteiger partial charge in [-0.2, -0.15) is 0 Å². The number of rotatable bonds is 6. The van der Waals surface area contributed by atoms with E-state index in [0.717, 1.165) is 4.88 Å².